The molecule has 2 aromatic rings. The third-order valence-electron chi connectivity index (χ3n) is 5.25. The summed E-state index contributed by atoms with van der Waals surface area (Å²) < 4.78 is 10.4. The van der Waals surface area contributed by atoms with Crippen LogP contribution in [0.5, 0.6) is 5.75 Å². The number of anilines is 1. The van der Waals surface area contributed by atoms with Crippen LogP contribution in [0.2, 0.25) is 0 Å². The lowest BCUT2D eigenvalue weighted by atomic mass is 9.87. The Bertz CT molecular complexity index is 972. The maximum absolute atomic E-state index is 12.6. The second kappa shape index (κ2) is 9.33. The Morgan fingerprint density at radius 1 is 1.06 bits per heavy atom. The predicted octanol–water partition coefficient (Wildman–Crippen LogP) is 4.44. The first-order valence-electron chi connectivity index (χ1n) is 10.5. The standard InChI is InChI=1S/C25H29NO5/c1-5-30-24(29)13-11-21(27)18-8-12-22-20(14-18)26(23(28)16-31-22)15-17-6-9-19(10-7-17)25(2,3)4/h6-10,12,14H,5,11,13,15-16H2,1-4H3. The van der Waals surface area contributed by atoms with Gasteiger partial charge in [-0.3, -0.25) is 14.4 Å². The number of rotatable bonds is 7. The lowest BCUT2D eigenvalue weighted by Crippen LogP contribution is -2.38. The molecule has 0 unspecified atom stereocenters. The molecule has 1 aliphatic rings. The highest BCUT2D eigenvalue weighted by molar-refractivity contribution is 6.02. The third kappa shape index (κ3) is 5.51. The van der Waals surface area contributed by atoms with E-state index in [1.165, 1.54) is 5.56 Å². The van der Waals surface area contributed by atoms with Crippen LogP contribution in [-0.4, -0.2) is 30.9 Å². The number of nitrogens with zero attached hydrogens (tertiary/aromatic N) is 1. The van der Waals surface area contributed by atoms with Crippen LogP contribution in [0.3, 0.4) is 0 Å². The predicted molar refractivity (Wildman–Crippen MR) is 118 cm³/mol. The normalized spacial score (nSPS) is 13.4. The molecule has 0 aliphatic carbocycles. The molecule has 0 radical (unpaired) electrons. The Labute approximate surface area is 183 Å². The second-order valence-electron chi connectivity index (χ2n) is 8.63. The smallest absolute Gasteiger partial charge is 0.306 e. The van der Waals surface area contributed by atoms with Gasteiger partial charge in [0, 0.05) is 12.0 Å². The van der Waals surface area contributed by atoms with Gasteiger partial charge in [0.2, 0.25) is 0 Å². The van der Waals surface area contributed by atoms with Gasteiger partial charge < -0.3 is 14.4 Å². The molecule has 1 heterocycles. The van der Waals surface area contributed by atoms with Crippen molar-refractivity contribution >= 4 is 23.3 Å². The third-order valence-corrected chi connectivity index (χ3v) is 5.25. The van der Waals surface area contributed by atoms with Gasteiger partial charge in [-0.25, -0.2) is 0 Å². The molecule has 1 amide bonds. The zero-order valence-corrected chi connectivity index (χ0v) is 18.6. The largest absolute Gasteiger partial charge is 0.482 e. The molecule has 3 rings (SSSR count). The number of carbonyl (C=O) groups excluding carboxylic acids is 3. The Morgan fingerprint density at radius 2 is 1.77 bits per heavy atom. The summed E-state index contributed by atoms with van der Waals surface area (Å²) in [6.45, 7) is 8.84. The monoisotopic (exact) mass is 423 g/mol. The topological polar surface area (TPSA) is 72.9 Å². The van der Waals surface area contributed by atoms with Crippen LogP contribution < -0.4 is 9.64 Å². The van der Waals surface area contributed by atoms with Crippen molar-refractivity contribution in [2.45, 2.75) is 52.5 Å². The van der Waals surface area contributed by atoms with Gasteiger partial charge in [-0.05, 0) is 41.7 Å². The van der Waals surface area contributed by atoms with Crippen molar-refractivity contribution in [3.05, 3.63) is 59.2 Å². The molecule has 0 saturated carbocycles. The number of hydrogen-bond acceptors (Lipinski definition) is 5. The zero-order chi connectivity index (χ0) is 22.6. The van der Waals surface area contributed by atoms with Crippen molar-refractivity contribution in [2.75, 3.05) is 18.1 Å². The molecule has 1 aliphatic heterocycles. The highest BCUT2D eigenvalue weighted by Crippen LogP contribution is 2.34. The first-order chi connectivity index (χ1) is 14.7. The van der Waals surface area contributed by atoms with Gasteiger partial charge in [0.1, 0.15) is 5.75 Å². The van der Waals surface area contributed by atoms with Crippen LogP contribution in [0, 0.1) is 0 Å². The van der Waals surface area contributed by atoms with Crippen LogP contribution in [0.1, 0.15) is 62.0 Å². The van der Waals surface area contributed by atoms with Gasteiger partial charge in [0.05, 0.1) is 25.3 Å². The quantitative estimate of drug-likeness (QED) is 0.486. The minimum Gasteiger partial charge on any atom is -0.482 e. The molecule has 0 saturated heterocycles. The molecule has 0 bridgehead atoms. The van der Waals surface area contributed by atoms with E-state index in [-0.39, 0.29) is 43.2 Å². The van der Waals surface area contributed by atoms with E-state index in [0.717, 1.165) is 5.56 Å². The molecule has 0 fully saturated rings. The summed E-state index contributed by atoms with van der Waals surface area (Å²) in [5.41, 5.74) is 3.28. The van der Waals surface area contributed by atoms with E-state index in [9.17, 15) is 14.4 Å². The summed E-state index contributed by atoms with van der Waals surface area (Å²) in [6.07, 6.45) is 0.0870. The van der Waals surface area contributed by atoms with Gasteiger partial charge in [0.15, 0.2) is 12.4 Å². The molecular formula is C25H29NO5. The van der Waals surface area contributed by atoms with Gasteiger partial charge in [-0.1, -0.05) is 45.0 Å². The fraction of sp³-hybridized carbons (Fsp3) is 0.400. The number of hydrogen-bond donors (Lipinski definition) is 0. The maximum Gasteiger partial charge on any atom is 0.306 e. The van der Waals surface area contributed by atoms with Crippen molar-refractivity contribution in [3.63, 3.8) is 0 Å². The zero-order valence-electron chi connectivity index (χ0n) is 18.6. The van der Waals surface area contributed by atoms with E-state index in [1.807, 2.05) is 12.1 Å². The number of benzene rings is 2. The molecule has 164 valence electrons. The van der Waals surface area contributed by atoms with Gasteiger partial charge >= 0.3 is 5.97 Å². The fourth-order valence-electron chi connectivity index (χ4n) is 3.43. The fourth-order valence-corrected chi connectivity index (χ4v) is 3.43. The minimum absolute atomic E-state index is 0.0308. The van der Waals surface area contributed by atoms with Crippen LogP contribution >= 0.6 is 0 Å². The van der Waals surface area contributed by atoms with Crippen LogP contribution in [0.15, 0.2) is 42.5 Å². The lowest BCUT2D eigenvalue weighted by molar-refractivity contribution is -0.143. The van der Waals surface area contributed by atoms with Crippen molar-refractivity contribution in [1.29, 1.82) is 0 Å². The number of Topliss-reactive ketones (excluding diaryl/α,β-unsaturated/α-hetero) is 1. The molecule has 6 heteroatoms. The number of esters is 1. The maximum atomic E-state index is 12.6. The van der Waals surface area contributed by atoms with E-state index in [1.54, 1.807) is 30.0 Å². The summed E-state index contributed by atoms with van der Waals surface area (Å²) in [6, 6.07) is 13.2. The molecule has 31 heavy (non-hydrogen) atoms. The van der Waals surface area contributed by atoms with E-state index < -0.39 is 5.97 Å². The number of carbonyl (C=O) groups is 3. The number of ether oxygens (including phenoxy) is 2. The summed E-state index contributed by atoms with van der Waals surface area (Å²) >= 11 is 0. The minimum atomic E-state index is -0.396. The Balaban J connectivity index is 1.79. The average molecular weight is 424 g/mol. The van der Waals surface area contributed by atoms with Crippen LogP contribution in [0.25, 0.3) is 0 Å². The Kier molecular flexibility index (Phi) is 6.78. The number of fused-ring (bicyclic) bond motifs is 1. The highest BCUT2D eigenvalue weighted by Gasteiger charge is 2.27. The van der Waals surface area contributed by atoms with Crippen LogP contribution in [-0.2, 0) is 26.3 Å². The van der Waals surface area contributed by atoms with Crippen molar-refractivity contribution < 1.29 is 23.9 Å². The molecule has 2 aromatic carbocycles. The Morgan fingerprint density at radius 3 is 2.42 bits per heavy atom. The summed E-state index contributed by atoms with van der Waals surface area (Å²) in [7, 11) is 0. The van der Waals surface area contributed by atoms with Crippen LogP contribution in [0.4, 0.5) is 5.69 Å². The number of amides is 1. The van der Waals surface area contributed by atoms with E-state index in [4.69, 9.17) is 9.47 Å². The first-order valence-corrected chi connectivity index (χ1v) is 10.5. The molecule has 0 spiro atoms. The molecular weight excluding hydrogens is 394 g/mol. The number of ketones is 1. The molecule has 0 atom stereocenters. The molecule has 0 N–H and O–H groups in total. The SMILES string of the molecule is CCOC(=O)CCC(=O)c1ccc2c(c1)N(Cc1ccc(C(C)(C)C)cc1)C(=O)CO2. The molecule has 0 aromatic heterocycles. The van der Waals surface area contributed by atoms with E-state index >= 15 is 0 Å². The summed E-state index contributed by atoms with van der Waals surface area (Å²) in [4.78, 5) is 38.4. The average Bonchev–Trinajstić information content (AvgIpc) is 2.73. The molecule has 6 nitrogen and oxygen atoms in total. The summed E-state index contributed by atoms with van der Waals surface area (Å²) in [5, 5.41) is 0. The van der Waals surface area contributed by atoms with Crippen molar-refractivity contribution in [1.82, 2.24) is 0 Å². The van der Waals surface area contributed by atoms with Crippen molar-refractivity contribution in [2.24, 2.45) is 0 Å². The first kappa shape index (κ1) is 22.5. The lowest BCUT2D eigenvalue weighted by Gasteiger charge is -2.30. The van der Waals surface area contributed by atoms with E-state index in [0.29, 0.717) is 23.5 Å². The van der Waals surface area contributed by atoms with Gasteiger partial charge in [-0.15, -0.1) is 0 Å². The van der Waals surface area contributed by atoms with Gasteiger partial charge in [0.25, 0.3) is 5.91 Å². The summed E-state index contributed by atoms with van der Waals surface area (Å²) in [5.74, 6) is -0.174. The Hall–Kier alpha value is -3.15. The highest BCUT2D eigenvalue weighted by atomic mass is 16.5. The van der Waals surface area contributed by atoms with E-state index in [2.05, 4.69) is 32.9 Å². The second-order valence-corrected chi connectivity index (χ2v) is 8.63. The van der Waals surface area contributed by atoms with Crippen molar-refractivity contribution in [3.8, 4) is 5.75 Å². The van der Waals surface area contributed by atoms with Gasteiger partial charge in [-0.2, -0.15) is 0 Å².